The zero-order valence-electron chi connectivity index (χ0n) is 17.9. The van der Waals surface area contributed by atoms with Crippen molar-refractivity contribution in [1.82, 2.24) is 14.7 Å². The SMILES string of the molecule is CC(C)(C)[S+]([O-])NC(c1nc2ccc(C(N)C3CC3)cc2[nH]1)C1CCC(F)(F)CC1. The summed E-state index contributed by atoms with van der Waals surface area (Å²) >= 11 is -1.34. The van der Waals surface area contributed by atoms with Crippen LogP contribution in [0.4, 0.5) is 8.78 Å². The third-order valence-corrected chi connectivity index (χ3v) is 7.94. The van der Waals surface area contributed by atoms with Crippen LogP contribution in [0.15, 0.2) is 18.2 Å². The van der Waals surface area contributed by atoms with E-state index in [1.54, 1.807) is 0 Å². The number of hydrogen-bond acceptors (Lipinski definition) is 4. The van der Waals surface area contributed by atoms with Gasteiger partial charge in [0.25, 0.3) is 0 Å². The Bertz CT molecular complexity index is 883. The molecule has 0 saturated heterocycles. The number of aromatic nitrogens is 2. The van der Waals surface area contributed by atoms with Gasteiger partial charge in [0.05, 0.1) is 11.0 Å². The van der Waals surface area contributed by atoms with Gasteiger partial charge in [0.15, 0.2) is 0 Å². The van der Waals surface area contributed by atoms with Crippen molar-refractivity contribution in [3.8, 4) is 0 Å². The first-order valence-corrected chi connectivity index (χ1v) is 12.0. The van der Waals surface area contributed by atoms with Crippen LogP contribution in [-0.4, -0.2) is 25.2 Å². The van der Waals surface area contributed by atoms with E-state index >= 15 is 0 Å². The Morgan fingerprint density at radius 3 is 2.47 bits per heavy atom. The molecule has 8 heteroatoms. The first kappa shape index (κ1) is 22.0. The number of fused-ring (bicyclic) bond motifs is 1. The molecule has 0 amide bonds. The minimum Gasteiger partial charge on any atom is -0.598 e. The van der Waals surface area contributed by atoms with Crippen LogP contribution >= 0.6 is 0 Å². The fraction of sp³-hybridized carbons (Fsp3) is 0.682. The van der Waals surface area contributed by atoms with Crippen molar-refractivity contribution in [1.29, 1.82) is 0 Å². The summed E-state index contributed by atoms with van der Waals surface area (Å²) in [5.41, 5.74) is 9.13. The van der Waals surface area contributed by atoms with Gasteiger partial charge in [-0.3, -0.25) is 0 Å². The Morgan fingerprint density at radius 1 is 1.20 bits per heavy atom. The molecule has 0 radical (unpaired) electrons. The van der Waals surface area contributed by atoms with E-state index < -0.39 is 22.0 Å². The molecule has 2 aliphatic carbocycles. The highest BCUT2D eigenvalue weighted by Crippen LogP contribution is 2.42. The predicted molar refractivity (Wildman–Crippen MR) is 116 cm³/mol. The van der Waals surface area contributed by atoms with Crippen LogP contribution in [-0.2, 0) is 11.4 Å². The normalized spacial score (nSPS) is 23.4. The molecule has 166 valence electrons. The summed E-state index contributed by atoms with van der Waals surface area (Å²) in [6.45, 7) is 5.69. The second-order valence-corrected chi connectivity index (χ2v) is 11.9. The van der Waals surface area contributed by atoms with Gasteiger partial charge in [0.2, 0.25) is 5.92 Å². The molecule has 2 fully saturated rings. The standard InChI is InChI=1S/C22H32F2N4OS/c1-21(2,3)30(29)28-19(14-8-10-22(23,24)11-9-14)20-26-16-7-6-15(12-17(16)27-20)18(25)13-4-5-13/h6-7,12-14,18-19,28H,4-5,8-11,25H2,1-3H3,(H,26,27). The quantitative estimate of drug-likeness (QED) is 0.560. The number of imidazole rings is 1. The van der Waals surface area contributed by atoms with Crippen LogP contribution in [0, 0.1) is 11.8 Å². The summed E-state index contributed by atoms with van der Waals surface area (Å²) in [4.78, 5) is 8.11. The largest absolute Gasteiger partial charge is 0.598 e. The van der Waals surface area contributed by atoms with Crippen molar-refractivity contribution in [2.75, 3.05) is 0 Å². The molecule has 4 N–H and O–H groups in total. The van der Waals surface area contributed by atoms with Crippen LogP contribution in [0.3, 0.4) is 0 Å². The Morgan fingerprint density at radius 2 is 1.87 bits per heavy atom. The highest BCUT2D eigenvalue weighted by atomic mass is 32.2. The van der Waals surface area contributed by atoms with E-state index in [1.807, 2.05) is 39.0 Å². The molecule has 3 unspecified atom stereocenters. The fourth-order valence-corrected chi connectivity index (χ4v) is 5.08. The number of H-pyrrole nitrogens is 1. The minimum atomic E-state index is -2.61. The lowest BCUT2D eigenvalue weighted by atomic mass is 9.82. The number of nitrogens with two attached hydrogens (primary N) is 1. The molecule has 1 aromatic carbocycles. The van der Waals surface area contributed by atoms with E-state index in [1.165, 1.54) is 12.8 Å². The lowest BCUT2D eigenvalue weighted by Crippen LogP contribution is -2.44. The van der Waals surface area contributed by atoms with Gasteiger partial charge in [-0.25, -0.2) is 13.8 Å². The van der Waals surface area contributed by atoms with Gasteiger partial charge in [0, 0.05) is 30.2 Å². The highest BCUT2D eigenvalue weighted by molar-refractivity contribution is 7.90. The summed E-state index contributed by atoms with van der Waals surface area (Å²) in [6, 6.07) is 5.69. The van der Waals surface area contributed by atoms with Crippen LogP contribution in [0.2, 0.25) is 0 Å². The molecule has 0 bridgehead atoms. The van der Waals surface area contributed by atoms with Gasteiger partial charge in [-0.1, -0.05) is 6.07 Å². The molecular weight excluding hydrogens is 406 g/mol. The van der Waals surface area contributed by atoms with Gasteiger partial charge in [-0.2, -0.15) is 0 Å². The highest BCUT2D eigenvalue weighted by Gasteiger charge is 2.41. The molecule has 0 aliphatic heterocycles. The zero-order valence-corrected chi connectivity index (χ0v) is 18.7. The Kier molecular flexibility index (Phi) is 5.89. The molecule has 2 saturated carbocycles. The van der Waals surface area contributed by atoms with Gasteiger partial charge >= 0.3 is 0 Å². The van der Waals surface area contributed by atoms with E-state index in [9.17, 15) is 13.3 Å². The monoisotopic (exact) mass is 438 g/mol. The molecule has 1 heterocycles. The smallest absolute Gasteiger partial charge is 0.248 e. The van der Waals surface area contributed by atoms with Crippen molar-refractivity contribution in [3.05, 3.63) is 29.6 Å². The van der Waals surface area contributed by atoms with E-state index in [0.29, 0.717) is 24.6 Å². The van der Waals surface area contributed by atoms with Crippen molar-refractivity contribution in [2.45, 2.75) is 82.0 Å². The second-order valence-electron chi connectivity index (χ2n) is 9.93. The maximum atomic E-state index is 13.7. The maximum Gasteiger partial charge on any atom is 0.248 e. The van der Waals surface area contributed by atoms with Gasteiger partial charge in [0.1, 0.15) is 16.6 Å². The summed E-state index contributed by atoms with van der Waals surface area (Å²) < 4.78 is 43.1. The fourth-order valence-electron chi connectivity index (χ4n) is 4.19. The summed E-state index contributed by atoms with van der Waals surface area (Å²) in [6.07, 6.45) is 2.81. The molecule has 0 spiro atoms. The minimum absolute atomic E-state index is 0.0315. The Hall–Kier alpha value is -1.22. The number of nitrogens with one attached hydrogen (secondary N) is 2. The predicted octanol–water partition coefficient (Wildman–Crippen LogP) is 4.89. The third kappa shape index (κ3) is 4.82. The number of rotatable bonds is 6. The molecule has 4 rings (SSSR count). The van der Waals surface area contributed by atoms with Gasteiger partial charge in [-0.15, -0.1) is 4.72 Å². The number of halogens is 2. The zero-order chi connectivity index (χ0) is 21.7. The Labute approximate surface area is 179 Å². The van der Waals surface area contributed by atoms with Crippen molar-refractivity contribution < 1.29 is 13.3 Å². The van der Waals surface area contributed by atoms with E-state index in [2.05, 4.69) is 9.71 Å². The summed E-state index contributed by atoms with van der Waals surface area (Å²) in [5, 5.41) is 0. The number of alkyl halides is 2. The molecule has 2 aliphatic rings. The summed E-state index contributed by atoms with van der Waals surface area (Å²) in [7, 11) is 0. The van der Waals surface area contributed by atoms with E-state index in [0.717, 1.165) is 16.6 Å². The molecule has 3 atom stereocenters. The van der Waals surface area contributed by atoms with Crippen LogP contribution in [0.25, 0.3) is 11.0 Å². The maximum absolute atomic E-state index is 13.7. The lowest BCUT2D eigenvalue weighted by molar-refractivity contribution is -0.0492. The number of hydrogen-bond donors (Lipinski definition) is 3. The van der Waals surface area contributed by atoms with Crippen molar-refractivity contribution >= 4 is 22.4 Å². The molecular formula is C22H32F2N4OS. The average Bonchev–Trinajstić information content (AvgIpc) is 3.43. The first-order chi connectivity index (χ1) is 14.0. The molecule has 2 aromatic rings. The number of benzene rings is 1. The van der Waals surface area contributed by atoms with Crippen molar-refractivity contribution in [2.24, 2.45) is 17.6 Å². The molecule has 5 nitrogen and oxygen atoms in total. The second kappa shape index (κ2) is 8.04. The average molecular weight is 439 g/mol. The first-order valence-electron chi connectivity index (χ1n) is 10.8. The third-order valence-electron chi connectivity index (χ3n) is 6.36. The topological polar surface area (TPSA) is 89.8 Å². The molecule has 1 aromatic heterocycles. The number of nitrogens with zero attached hydrogens (tertiary/aromatic N) is 1. The van der Waals surface area contributed by atoms with Crippen LogP contribution < -0.4 is 10.5 Å². The number of aromatic amines is 1. The lowest BCUT2D eigenvalue weighted by Gasteiger charge is -2.35. The van der Waals surface area contributed by atoms with Crippen molar-refractivity contribution in [3.63, 3.8) is 0 Å². The van der Waals surface area contributed by atoms with Crippen LogP contribution in [0.5, 0.6) is 0 Å². The molecule has 30 heavy (non-hydrogen) atoms. The summed E-state index contributed by atoms with van der Waals surface area (Å²) in [5.74, 6) is -1.44. The Balaban J connectivity index is 1.62. The van der Waals surface area contributed by atoms with Gasteiger partial charge in [-0.05, 0) is 76.0 Å². The van der Waals surface area contributed by atoms with E-state index in [4.69, 9.17) is 10.7 Å². The van der Waals surface area contributed by atoms with Crippen LogP contribution in [0.1, 0.15) is 82.8 Å². The van der Waals surface area contributed by atoms with E-state index in [-0.39, 0.29) is 30.8 Å². The van der Waals surface area contributed by atoms with Gasteiger partial charge < -0.3 is 15.3 Å².